The number of ether oxygens (including phenoxy) is 1. The summed E-state index contributed by atoms with van der Waals surface area (Å²) >= 11 is 0. The number of hydrogen-bond donors (Lipinski definition) is 2. The van der Waals surface area contributed by atoms with Gasteiger partial charge in [0.2, 0.25) is 5.91 Å². The fraction of sp³-hybridized carbons (Fsp3) is 0.938. The summed E-state index contributed by atoms with van der Waals surface area (Å²) in [5, 5.41) is 12.5. The third kappa shape index (κ3) is 5.06. The number of amides is 1. The van der Waals surface area contributed by atoms with Crippen LogP contribution in [0.5, 0.6) is 0 Å². The highest BCUT2D eigenvalue weighted by molar-refractivity contribution is 5.78. The van der Waals surface area contributed by atoms with E-state index < -0.39 is 0 Å². The van der Waals surface area contributed by atoms with Gasteiger partial charge in [-0.2, -0.15) is 0 Å². The lowest BCUT2D eigenvalue weighted by molar-refractivity contribution is -0.128. The van der Waals surface area contributed by atoms with Gasteiger partial charge in [0.25, 0.3) is 0 Å². The molecule has 116 valence electrons. The van der Waals surface area contributed by atoms with E-state index in [2.05, 4.69) is 5.32 Å². The van der Waals surface area contributed by atoms with Crippen molar-refractivity contribution in [2.75, 3.05) is 26.4 Å². The van der Waals surface area contributed by atoms with E-state index in [1.165, 1.54) is 32.1 Å². The van der Waals surface area contributed by atoms with Gasteiger partial charge in [-0.3, -0.25) is 4.79 Å². The van der Waals surface area contributed by atoms with Crippen molar-refractivity contribution in [2.24, 2.45) is 17.8 Å². The minimum Gasteiger partial charge on any atom is -0.396 e. The number of nitrogens with one attached hydrogen (secondary N) is 1. The molecule has 0 aromatic carbocycles. The molecule has 2 rings (SSSR count). The standard InChI is InChI=1S/C16H29NO3/c18-12-14(10-13-4-2-1-3-5-13)11-17-16(19)15-6-8-20-9-7-15/h13-15,18H,1-12H2,(H,17,19)/t14-/m0/s1. The molecule has 1 atom stereocenters. The first-order chi connectivity index (χ1) is 9.79. The van der Waals surface area contributed by atoms with Crippen LogP contribution in [0.4, 0.5) is 0 Å². The third-order valence-corrected chi connectivity index (χ3v) is 4.81. The van der Waals surface area contributed by atoms with Crippen LogP contribution in [-0.2, 0) is 9.53 Å². The van der Waals surface area contributed by atoms with Crippen LogP contribution < -0.4 is 5.32 Å². The summed E-state index contributed by atoms with van der Waals surface area (Å²) in [5.41, 5.74) is 0. The number of aliphatic hydroxyl groups is 1. The molecule has 4 heteroatoms. The summed E-state index contributed by atoms with van der Waals surface area (Å²) in [5.74, 6) is 1.23. The molecule has 2 N–H and O–H groups in total. The Kier molecular flexibility index (Phi) is 6.80. The Hall–Kier alpha value is -0.610. The Morgan fingerprint density at radius 2 is 1.85 bits per heavy atom. The molecule has 0 radical (unpaired) electrons. The van der Waals surface area contributed by atoms with Crippen LogP contribution in [0, 0.1) is 17.8 Å². The van der Waals surface area contributed by atoms with Crippen molar-refractivity contribution >= 4 is 5.91 Å². The van der Waals surface area contributed by atoms with Gasteiger partial charge in [-0.15, -0.1) is 0 Å². The van der Waals surface area contributed by atoms with Crippen LogP contribution in [0.3, 0.4) is 0 Å². The van der Waals surface area contributed by atoms with Crippen molar-refractivity contribution in [3.05, 3.63) is 0 Å². The van der Waals surface area contributed by atoms with Crippen LogP contribution in [-0.4, -0.2) is 37.4 Å². The van der Waals surface area contributed by atoms with Gasteiger partial charge < -0.3 is 15.2 Å². The summed E-state index contributed by atoms with van der Waals surface area (Å²) < 4.78 is 5.28. The average Bonchev–Trinajstić information content (AvgIpc) is 2.53. The molecule has 20 heavy (non-hydrogen) atoms. The van der Waals surface area contributed by atoms with Crippen molar-refractivity contribution in [2.45, 2.75) is 51.4 Å². The molecular formula is C16H29NO3. The third-order valence-electron chi connectivity index (χ3n) is 4.81. The van der Waals surface area contributed by atoms with Gasteiger partial charge in [0.05, 0.1) is 0 Å². The second-order valence-electron chi connectivity index (χ2n) is 6.42. The molecule has 0 unspecified atom stereocenters. The zero-order chi connectivity index (χ0) is 14.2. The summed E-state index contributed by atoms with van der Waals surface area (Å²) in [4.78, 5) is 12.1. The maximum atomic E-state index is 12.1. The monoisotopic (exact) mass is 283 g/mol. The van der Waals surface area contributed by atoms with E-state index in [1.807, 2.05) is 0 Å². The number of carbonyl (C=O) groups excluding carboxylic acids is 1. The molecule has 2 aliphatic rings. The molecule has 0 bridgehead atoms. The van der Waals surface area contributed by atoms with E-state index in [-0.39, 0.29) is 24.3 Å². The smallest absolute Gasteiger partial charge is 0.223 e. The van der Waals surface area contributed by atoms with Crippen molar-refractivity contribution in [1.29, 1.82) is 0 Å². The minimum absolute atomic E-state index is 0.109. The number of hydrogen-bond acceptors (Lipinski definition) is 3. The predicted octanol–water partition coefficient (Wildman–Crippen LogP) is 2.11. The molecular weight excluding hydrogens is 254 g/mol. The lowest BCUT2D eigenvalue weighted by atomic mass is 9.83. The number of carbonyl (C=O) groups is 1. The minimum atomic E-state index is 0.109. The van der Waals surface area contributed by atoms with Crippen LogP contribution in [0.1, 0.15) is 51.4 Å². The largest absolute Gasteiger partial charge is 0.396 e. The molecule has 1 saturated heterocycles. The van der Waals surface area contributed by atoms with Gasteiger partial charge in [-0.05, 0) is 31.1 Å². The lowest BCUT2D eigenvalue weighted by Gasteiger charge is -2.27. The van der Waals surface area contributed by atoms with Crippen molar-refractivity contribution in [3.63, 3.8) is 0 Å². The zero-order valence-corrected chi connectivity index (χ0v) is 12.5. The van der Waals surface area contributed by atoms with Gasteiger partial charge in [0, 0.05) is 32.3 Å². The van der Waals surface area contributed by atoms with Crippen LogP contribution in [0.2, 0.25) is 0 Å². The molecule has 0 spiro atoms. The highest BCUT2D eigenvalue weighted by Crippen LogP contribution is 2.28. The highest BCUT2D eigenvalue weighted by Gasteiger charge is 2.23. The summed E-state index contributed by atoms with van der Waals surface area (Å²) in [6.45, 7) is 2.21. The maximum absolute atomic E-state index is 12.1. The predicted molar refractivity (Wildman–Crippen MR) is 78.3 cm³/mol. The van der Waals surface area contributed by atoms with E-state index in [0.717, 1.165) is 25.2 Å². The fourth-order valence-electron chi connectivity index (χ4n) is 3.47. The molecule has 1 amide bonds. The SMILES string of the molecule is O=C(NC[C@@H](CO)CC1CCCCC1)C1CCOCC1. The van der Waals surface area contributed by atoms with Crippen LogP contribution in [0.25, 0.3) is 0 Å². The molecule has 4 nitrogen and oxygen atoms in total. The van der Waals surface area contributed by atoms with Gasteiger partial charge in [0.1, 0.15) is 0 Å². The summed E-state index contributed by atoms with van der Waals surface area (Å²) in [7, 11) is 0. The molecule has 0 aromatic heterocycles. The van der Waals surface area contributed by atoms with E-state index >= 15 is 0 Å². The van der Waals surface area contributed by atoms with E-state index in [4.69, 9.17) is 4.74 Å². The number of rotatable bonds is 6. The molecule has 1 aliphatic carbocycles. The lowest BCUT2D eigenvalue weighted by Crippen LogP contribution is -2.38. The van der Waals surface area contributed by atoms with Gasteiger partial charge >= 0.3 is 0 Å². The van der Waals surface area contributed by atoms with Gasteiger partial charge in [0.15, 0.2) is 0 Å². The van der Waals surface area contributed by atoms with Gasteiger partial charge in [-0.25, -0.2) is 0 Å². The van der Waals surface area contributed by atoms with Crippen LogP contribution >= 0.6 is 0 Å². The first kappa shape index (κ1) is 15.8. The first-order valence-corrected chi connectivity index (χ1v) is 8.26. The van der Waals surface area contributed by atoms with Crippen molar-refractivity contribution in [1.82, 2.24) is 5.32 Å². The summed E-state index contributed by atoms with van der Waals surface area (Å²) in [6.07, 6.45) is 9.34. The molecule has 1 heterocycles. The fourth-order valence-corrected chi connectivity index (χ4v) is 3.47. The Labute approximate surface area is 122 Å². The number of aliphatic hydroxyl groups excluding tert-OH is 1. The summed E-state index contributed by atoms with van der Waals surface area (Å²) in [6, 6.07) is 0. The molecule has 1 aliphatic heterocycles. The topological polar surface area (TPSA) is 58.6 Å². The first-order valence-electron chi connectivity index (χ1n) is 8.26. The normalized spacial score (nSPS) is 23.4. The molecule has 0 aromatic rings. The maximum Gasteiger partial charge on any atom is 0.223 e. The Morgan fingerprint density at radius 1 is 1.15 bits per heavy atom. The van der Waals surface area contributed by atoms with E-state index in [0.29, 0.717) is 19.8 Å². The quantitative estimate of drug-likeness (QED) is 0.785. The second kappa shape index (κ2) is 8.63. The Morgan fingerprint density at radius 3 is 2.50 bits per heavy atom. The van der Waals surface area contributed by atoms with Crippen molar-refractivity contribution in [3.8, 4) is 0 Å². The highest BCUT2D eigenvalue weighted by atomic mass is 16.5. The van der Waals surface area contributed by atoms with Gasteiger partial charge in [-0.1, -0.05) is 32.1 Å². The van der Waals surface area contributed by atoms with Crippen molar-refractivity contribution < 1.29 is 14.6 Å². The average molecular weight is 283 g/mol. The Bertz CT molecular complexity index is 283. The van der Waals surface area contributed by atoms with E-state index in [9.17, 15) is 9.90 Å². The van der Waals surface area contributed by atoms with E-state index in [1.54, 1.807) is 0 Å². The Balaban J connectivity index is 1.68. The zero-order valence-electron chi connectivity index (χ0n) is 12.5. The molecule has 2 fully saturated rings. The molecule has 1 saturated carbocycles. The van der Waals surface area contributed by atoms with Crippen LogP contribution in [0.15, 0.2) is 0 Å². The second-order valence-corrected chi connectivity index (χ2v) is 6.42.